The molecule has 2 N–H and O–H groups in total. The first kappa shape index (κ1) is 17.2. The molecule has 1 amide bonds. The van der Waals surface area contributed by atoms with Crippen LogP contribution >= 0.6 is 0 Å². The molecule has 0 heterocycles. The number of carbonyl (C=O) groups is 1. The second kappa shape index (κ2) is 8.31. The maximum atomic E-state index is 12.3. The van der Waals surface area contributed by atoms with Gasteiger partial charge in [-0.15, -0.1) is 0 Å². The zero-order chi connectivity index (χ0) is 14.2. The Morgan fingerprint density at radius 3 is 2.50 bits per heavy atom. The van der Waals surface area contributed by atoms with E-state index >= 15 is 0 Å². The van der Waals surface area contributed by atoms with E-state index < -0.39 is 24.7 Å². The van der Waals surface area contributed by atoms with Crippen LogP contribution in [0.25, 0.3) is 0 Å². The van der Waals surface area contributed by atoms with Gasteiger partial charge in [0.25, 0.3) is 0 Å². The van der Waals surface area contributed by atoms with Crippen molar-refractivity contribution in [2.75, 3.05) is 26.8 Å². The minimum absolute atomic E-state index is 0.0789. The van der Waals surface area contributed by atoms with Gasteiger partial charge in [-0.05, 0) is 12.8 Å². The summed E-state index contributed by atoms with van der Waals surface area (Å²) in [5.74, 6) is -0.669. The Morgan fingerprint density at radius 2 is 2.06 bits per heavy atom. The summed E-state index contributed by atoms with van der Waals surface area (Å²) in [6, 6.07) is -0.941. The highest BCUT2D eigenvalue weighted by atomic mass is 19.4. The van der Waals surface area contributed by atoms with E-state index in [2.05, 4.69) is 0 Å². The van der Waals surface area contributed by atoms with Crippen molar-refractivity contribution >= 4 is 5.91 Å². The van der Waals surface area contributed by atoms with E-state index in [4.69, 9.17) is 10.5 Å². The number of nitrogens with zero attached hydrogens (tertiary/aromatic N) is 1. The lowest BCUT2D eigenvalue weighted by Crippen LogP contribution is -2.48. The van der Waals surface area contributed by atoms with Crippen LogP contribution in [0.4, 0.5) is 13.2 Å². The summed E-state index contributed by atoms with van der Waals surface area (Å²) in [6.45, 7) is 0.934. The number of unbranched alkanes of at least 4 members (excludes halogenated alkanes) is 1. The SMILES string of the molecule is CCCCN(CC(F)(F)F)C(=O)C(N)CCOC. The van der Waals surface area contributed by atoms with E-state index in [-0.39, 0.29) is 19.6 Å². The van der Waals surface area contributed by atoms with E-state index in [0.717, 1.165) is 11.3 Å². The quantitative estimate of drug-likeness (QED) is 0.728. The largest absolute Gasteiger partial charge is 0.406 e. The van der Waals surface area contributed by atoms with Crippen molar-refractivity contribution in [2.45, 2.75) is 38.4 Å². The van der Waals surface area contributed by atoms with E-state index in [1.807, 2.05) is 6.92 Å². The van der Waals surface area contributed by atoms with Crippen LogP contribution in [-0.2, 0) is 9.53 Å². The average Bonchev–Trinajstić information content (AvgIpc) is 2.29. The maximum Gasteiger partial charge on any atom is 0.406 e. The molecule has 108 valence electrons. The number of rotatable bonds is 8. The number of carbonyl (C=O) groups excluding carboxylic acids is 1. The molecule has 4 nitrogen and oxygen atoms in total. The monoisotopic (exact) mass is 270 g/mol. The number of halogens is 3. The van der Waals surface area contributed by atoms with Crippen LogP contribution in [0.2, 0.25) is 0 Å². The summed E-state index contributed by atoms with van der Waals surface area (Å²) in [7, 11) is 1.45. The first-order valence-electron chi connectivity index (χ1n) is 5.91. The molecule has 0 bridgehead atoms. The van der Waals surface area contributed by atoms with Gasteiger partial charge in [-0.2, -0.15) is 13.2 Å². The molecule has 0 saturated carbocycles. The summed E-state index contributed by atoms with van der Waals surface area (Å²) in [5, 5.41) is 0. The third kappa shape index (κ3) is 7.50. The fourth-order valence-corrected chi connectivity index (χ4v) is 1.44. The van der Waals surface area contributed by atoms with Gasteiger partial charge in [0.2, 0.25) is 5.91 Å². The van der Waals surface area contributed by atoms with Crippen LogP contribution in [-0.4, -0.2) is 49.8 Å². The summed E-state index contributed by atoms with van der Waals surface area (Å²) in [5.41, 5.74) is 5.56. The molecule has 18 heavy (non-hydrogen) atoms. The van der Waals surface area contributed by atoms with Gasteiger partial charge < -0.3 is 15.4 Å². The summed E-state index contributed by atoms with van der Waals surface area (Å²) in [6.07, 6.45) is -2.94. The van der Waals surface area contributed by atoms with Crippen LogP contribution < -0.4 is 5.73 Å². The van der Waals surface area contributed by atoms with Gasteiger partial charge in [0, 0.05) is 20.3 Å². The van der Waals surface area contributed by atoms with E-state index in [1.165, 1.54) is 7.11 Å². The predicted octanol–water partition coefficient (Wildman–Crippen LogP) is 1.54. The molecule has 0 fully saturated rings. The topological polar surface area (TPSA) is 55.6 Å². The standard InChI is InChI=1S/C11H21F3N2O2/c1-3-4-6-16(8-11(12,13)14)10(17)9(15)5-7-18-2/h9H,3-8,15H2,1-2H3. The number of amides is 1. The van der Waals surface area contributed by atoms with Crippen LogP contribution in [0.1, 0.15) is 26.2 Å². The van der Waals surface area contributed by atoms with Crippen molar-refractivity contribution in [3.63, 3.8) is 0 Å². The molecule has 0 saturated heterocycles. The molecular weight excluding hydrogens is 249 g/mol. The summed E-state index contributed by atoms with van der Waals surface area (Å²) in [4.78, 5) is 12.6. The fourth-order valence-electron chi connectivity index (χ4n) is 1.44. The summed E-state index contributed by atoms with van der Waals surface area (Å²) < 4.78 is 41.8. The number of methoxy groups -OCH3 is 1. The Balaban J connectivity index is 4.47. The van der Waals surface area contributed by atoms with Crippen LogP contribution in [0.5, 0.6) is 0 Å². The number of hydrogen-bond acceptors (Lipinski definition) is 3. The number of alkyl halides is 3. The zero-order valence-corrected chi connectivity index (χ0v) is 10.8. The minimum atomic E-state index is -4.40. The molecule has 0 aliphatic carbocycles. The lowest BCUT2D eigenvalue weighted by Gasteiger charge is -2.26. The Kier molecular flexibility index (Phi) is 7.93. The Morgan fingerprint density at radius 1 is 1.44 bits per heavy atom. The van der Waals surface area contributed by atoms with Gasteiger partial charge in [0.1, 0.15) is 6.54 Å². The molecule has 1 atom stereocenters. The number of hydrogen-bond donors (Lipinski definition) is 1. The second-order valence-electron chi connectivity index (χ2n) is 4.12. The van der Waals surface area contributed by atoms with Gasteiger partial charge in [-0.1, -0.05) is 13.3 Å². The van der Waals surface area contributed by atoms with E-state index in [1.54, 1.807) is 0 Å². The van der Waals surface area contributed by atoms with Crippen molar-refractivity contribution in [1.29, 1.82) is 0 Å². The Bertz CT molecular complexity index is 247. The average molecular weight is 270 g/mol. The van der Waals surface area contributed by atoms with Crippen LogP contribution in [0, 0.1) is 0 Å². The maximum absolute atomic E-state index is 12.3. The molecular formula is C11H21F3N2O2. The van der Waals surface area contributed by atoms with Crippen molar-refractivity contribution in [3.05, 3.63) is 0 Å². The predicted molar refractivity (Wildman–Crippen MR) is 62.0 cm³/mol. The van der Waals surface area contributed by atoms with Crippen LogP contribution in [0.3, 0.4) is 0 Å². The van der Waals surface area contributed by atoms with Crippen molar-refractivity contribution in [3.8, 4) is 0 Å². The molecule has 7 heteroatoms. The van der Waals surface area contributed by atoms with Gasteiger partial charge in [-0.25, -0.2) is 0 Å². The Hall–Kier alpha value is -0.820. The second-order valence-corrected chi connectivity index (χ2v) is 4.12. The van der Waals surface area contributed by atoms with Crippen molar-refractivity contribution in [2.24, 2.45) is 5.73 Å². The first-order chi connectivity index (χ1) is 8.31. The number of nitrogens with two attached hydrogens (primary N) is 1. The number of ether oxygens (including phenoxy) is 1. The molecule has 0 aliphatic rings. The van der Waals surface area contributed by atoms with Gasteiger partial charge in [-0.3, -0.25) is 4.79 Å². The van der Waals surface area contributed by atoms with E-state index in [9.17, 15) is 18.0 Å². The van der Waals surface area contributed by atoms with E-state index in [0.29, 0.717) is 6.42 Å². The normalized spacial score (nSPS) is 13.4. The smallest absolute Gasteiger partial charge is 0.385 e. The highest BCUT2D eigenvalue weighted by molar-refractivity contribution is 5.81. The molecule has 0 aromatic carbocycles. The molecule has 0 rings (SSSR count). The van der Waals surface area contributed by atoms with Gasteiger partial charge in [0.05, 0.1) is 6.04 Å². The van der Waals surface area contributed by atoms with Crippen molar-refractivity contribution < 1.29 is 22.7 Å². The Labute approximate surface area is 105 Å². The third-order valence-corrected chi connectivity index (χ3v) is 2.41. The molecule has 0 spiro atoms. The zero-order valence-electron chi connectivity index (χ0n) is 10.8. The fraction of sp³-hybridized carbons (Fsp3) is 0.909. The van der Waals surface area contributed by atoms with Gasteiger partial charge in [0.15, 0.2) is 0 Å². The molecule has 0 aromatic rings. The molecule has 0 aliphatic heterocycles. The van der Waals surface area contributed by atoms with Gasteiger partial charge >= 0.3 is 6.18 Å². The van der Waals surface area contributed by atoms with Crippen LogP contribution in [0.15, 0.2) is 0 Å². The summed E-state index contributed by atoms with van der Waals surface area (Å²) >= 11 is 0. The highest BCUT2D eigenvalue weighted by Crippen LogP contribution is 2.17. The molecule has 0 radical (unpaired) electrons. The third-order valence-electron chi connectivity index (χ3n) is 2.41. The first-order valence-corrected chi connectivity index (χ1v) is 5.91. The molecule has 0 aromatic heterocycles. The highest BCUT2D eigenvalue weighted by Gasteiger charge is 2.34. The lowest BCUT2D eigenvalue weighted by atomic mass is 10.2. The molecule has 1 unspecified atom stereocenters. The van der Waals surface area contributed by atoms with Crippen molar-refractivity contribution in [1.82, 2.24) is 4.90 Å². The minimum Gasteiger partial charge on any atom is -0.385 e. The lowest BCUT2D eigenvalue weighted by molar-refractivity contribution is -0.162.